The molecule has 1 aliphatic rings. The molecule has 0 aromatic carbocycles. The van der Waals surface area contributed by atoms with Crippen LogP contribution in [-0.4, -0.2) is 43.9 Å². The number of rotatable bonds is 2. The highest BCUT2D eigenvalue weighted by Gasteiger charge is 2.61. The number of aromatic nitrogens is 2. The molecule has 1 aromatic rings. The van der Waals surface area contributed by atoms with Gasteiger partial charge in [0.15, 0.2) is 0 Å². The zero-order valence-corrected chi connectivity index (χ0v) is 9.92. The number of nitrogens with zero attached hydrogens (tertiary/aromatic N) is 4. The van der Waals surface area contributed by atoms with E-state index in [4.69, 9.17) is 0 Å². The number of hydrogen-bond donors (Lipinski definition) is 1. The maximum absolute atomic E-state index is 12.8. The third-order valence-electron chi connectivity index (χ3n) is 2.83. The van der Waals surface area contributed by atoms with Crippen LogP contribution in [0.15, 0.2) is 17.4 Å². The molecular formula is C10H11F3N4O2. The van der Waals surface area contributed by atoms with E-state index in [1.165, 1.54) is 10.9 Å². The standard InChI is InChI=1S/C10H11F3N4O2/c1-7-2-4-14-16(7)6-8(18)17-9(19,3-5-15-17)10(11,12)13/h2,4-5,19H,3,6H2,1H3/t9-/m1/s1. The number of halogens is 3. The summed E-state index contributed by atoms with van der Waals surface area (Å²) in [4.78, 5) is 11.8. The first kappa shape index (κ1) is 13.5. The van der Waals surface area contributed by atoms with Crippen LogP contribution < -0.4 is 0 Å². The highest BCUT2D eigenvalue weighted by Crippen LogP contribution is 2.38. The fourth-order valence-corrected chi connectivity index (χ4v) is 1.70. The van der Waals surface area contributed by atoms with Crippen molar-refractivity contribution in [2.75, 3.05) is 0 Å². The number of carbonyl (C=O) groups is 1. The van der Waals surface area contributed by atoms with Crippen LogP contribution >= 0.6 is 0 Å². The zero-order valence-electron chi connectivity index (χ0n) is 9.92. The highest BCUT2D eigenvalue weighted by atomic mass is 19.4. The van der Waals surface area contributed by atoms with Gasteiger partial charge in [-0.1, -0.05) is 0 Å². The van der Waals surface area contributed by atoms with Crippen molar-refractivity contribution >= 4 is 12.1 Å². The third kappa shape index (κ3) is 2.21. The summed E-state index contributed by atoms with van der Waals surface area (Å²) in [5.74, 6) is -0.986. The maximum Gasteiger partial charge on any atom is 0.438 e. The molecule has 0 unspecified atom stereocenters. The third-order valence-corrected chi connectivity index (χ3v) is 2.83. The van der Waals surface area contributed by atoms with Crippen LogP contribution in [0.2, 0.25) is 0 Å². The van der Waals surface area contributed by atoms with Crippen molar-refractivity contribution in [3.8, 4) is 0 Å². The number of alkyl halides is 3. The normalized spacial score (nSPS) is 23.1. The number of amides is 1. The maximum atomic E-state index is 12.8. The molecule has 2 rings (SSSR count). The molecule has 0 bridgehead atoms. The van der Waals surface area contributed by atoms with Crippen molar-refractivity contribution in [2.24, 2.45) is 5.10 Å². The van der Waals surface area contributed by atoms with Crippen molar-refractivity contribution in [1.29, 1.82) is 0 Å². The Morgan fingerprint density at radius 3 is 2.79 bits per heavy atom. The summed E-state index contributed by atoms with van der Waals surface area (Å²) in [6.45, 7) is 1.23. The largest absolute Gasteiger partial charge is 0.438 e. The van der Waals surface area contributed by atoms with Gasteiger partial charge >= 0.3 is 6.18 Å². The van der Waals surface area contributed by atoms with Crippen molar-refractivity contribution in [1.82, 2.24) is 14.8 Å². The Morgan fingerprint density at radius 2 is 2.26 bits per heavy atom. The van der Waals surface area contributed by atoms with E-state index >= 15 is 0 Å². The predicted molar refractivity (Wildman–Crippen MR) is 57.9 cm³/mol. The Bertz CT molecular complexity index is 525. The molecule has 9 heteroatoms. The average molecular weight is 276 g/mol. The molecular weight excluding hydrogens is 265 g/mol. The lowest BCUT2D eigenvalue weighted by Gasteiger charge is -2.32. The van der Waals surface area contributed by atoms with Gasteiger partial charge in [0.2, 0.25) is 0 Å². The van der Waals surface area contributed by atoms with Gasteiger partial charge in [-0.05, 0) is 13.0 Å². The molecule has 0 saturated heterocycles. The summed E-state index contributed by atoms with van der Waals surface area (Å²) in [6, 6.07) is 1.61. The Kier molecular flexibility index (Phi) is 3.09. The molecule has 0 aliphatic carbocycles. The van der Waals surface area contributed by atoms with Crippen LogP contribution in [0.5, 0.6) is 0 Å². The fourth-order valence-electron chi connectivity index (χ4n) is 1.70. The fraction of sp³-hybridized carbons (Fsp3) is 0.500. The Morgan fingerprint density at radius 1 is 1.58 bits per heavy atom. The Balaban J connectivity index is 2.19. The number of aryl methyl sites for hydroxylation is 1. The molecule has 0 fully saturated rings. The van der Waals surface area contributed by atoms with E-state index in [1.807, 2.05) is 0 Å². The van der Waals surface area contributed by atoms with Crippen LogP contribution in [0.3, 0.4) is 0 Å². The van der Waals surface area contributed by atoms with Gasteiger partial charge in [0.25, 0.3) is 11.6 Å². The van der Waals surface area contributed by atoms with E-state index in [9.17, 15) is 23.1 Å². The van der Waals surface area contributed by atoms with Crippen LogP contribution in [0.4, 0.5) is 13.2 Å². The zero-order chi connectivity index (χ0) is 14.3. The summed E-state index contributed by atoms with van der Waals surface area (Å²) in [5, 5.41) is 16.7. The minimum Gasteiger partial charge on any atom is -0.362 e. The molecule has 0 spiro atoms. The summed E-state index contributed by atoms with van der Waals surface area (Å²) in [5.41, 5.74) is -2.66. The second kappa shape index (κ2) is 4.34. The van der Waals surface area contributed by atoms with E-state index < -0.39 is 30.8 Å². The summed E-state index contributed by atoms with van der Waals surface area (Å²) < 4.78 is 39.5. The van der Waals surface area contributed by atoms with Gasteiger partial charge in [-0.3, -0.25) is 9.48 Å². The van der Waals surface area contributed by atoms with Crippen molar-refractivity contribution in [2.45, 2.75) is 31.8 Å². The van der Waals surface area contributed by atoms with Gasteiger partial charge in [0.05, 0.1) is 0 Å². The number of aliphatic hydroxyl groups is 1. The number of hydrazone groups is 1. The summed E-state index contributed by atoms with van der Waals surface area (Å²) in [7, 11) is 0. The topological polar surface area (TPSA) is 70.7 Å². The SMILES string of the molecule is Cc1ccnn1CC(=O)N1N=CC[C@@]1(O)C(F)(F)F. The molecule has 1 aromatic heterocycles. The number of carbonyl (C=O) groups excluding carboxylic acids is 1. The lowest BCUT2D eigenvalue weighted by Crippen LogP contribution is -2.57. The van der Waals surface area contributed by atoms with E-state index in [0.717, 1.165) is 6.21 Å². The van der Waals surface area contributed by atoms with Crippen LogP contribution in [-0.2, 0) is 11.3 Å². The molecule has 1 N–H and O–H groups in total. The molecule has 0 radical (unpaired) electrons. The Hall–Kier alpha value is -1.90. The lowest BCUT2D eigenvalue weighted by atomic mass is 10.1. The average Bonchev–Trinajstić information content (AvgIpc) is 2.86. The predicted octanol–water partition coefficient (Wildman–Crippen LogP) is 0.661. The molecule has 1 amide bonds. The summed E-state index contributed by atoms with van der Waals surface area (Å²) >= 11 is 0. The first-order valence-electron chi connectivity index (χ1n) is 5.39. The highest BCUT2D eigenvalue weighted by molar-refractivity contribution is 5.80. The van der Waals surface area contributed by atoms with Gasteiger partial charge in [0.1, 0.15) is 6.54 Å². The van der Waals surface area contributed by atoms with E-state index in [0.29, 0.717) is 5.69 Å². The van der Waals surface area contributed by atoms with Crippen LogP contribution in [0, 0.1) is 6.92 Å². The lowest BCUT2D eigenvalue weighted by molar-refractivity contribution is -0.302. The van der Waals surface area contributed by atoms with Gasteiger partial charge in [-0.2, -0.15) is 28.4 Å². The van der Waals surface area contributed by atoms with Gasteiger partial charge in [-0.25, -0.2) is 0 Å². The molecule has 0 saturated carbocycles. The van der Waals surface area contributed by atoms with E-state index in [-0.39, 0.29) is 5.01 Å². The second-order valence-corrected chi connectivity index (χ2v) is 4.15. The van der Waals surface area contributed by atoms with Gasteiger partial charge in [-0.15, -0.1) is 0 Å². The molecule has 19 heavy (non-hydrogen) atoms. The second-order valence-electron chi connectivity index (χ2n) is 4.15. The smallest absolute Gasteiger partial charge is 0.362 e. The molecule has 1 atom stereocenters. The first-order valence-corrected chi connectivity index (χ1v) is 5.39. The van der Waals surface area contributed by atoms with Gasteiger partial charge < -0.3 is 5.11 Å². The molecule has 6 nitrogen and oxygen atoms in total. The minimum absolute atomic E-state index is 0.0636. The minimum atomic E-state index is -4.97. The number of hydrogen-bond acceptors (Lipinski definition) is 4. The van der Waals surface area contributed by atoms with Crippen LogP contribution in [0.1, 0.15) is 12.1 Å². The Labute approximate surface area is 106 Å². The summed E-state index contributed by atoms with van der Waals surface area (Å²) in [6.07, 6.45) is -3.47. The van der Waals surface area contributed by atoms with Crippen molar-refractivity contribution in [3.63, 3.8) is 0 Å². The van der Waals surface area contributed by atoms with E-state index in [1.54, 1.807) is 13.0 Å². The van der Waals surface area contributed by atoms with Crippen molar-refractivity contribution in [3.05, 3.63) is 18.0 Å². The first-order chi connectivity index (χ1) is 8.75. The molecule has 1 aliphatic heterocycles. The molecule has 104 valence electrons. The van der Waals surface area contributed by atoms with Crippen molar-refractivity contribution < 1.29 is 23.1 Å². The quantitative estimate of drug-likeness (QED) is 0.862. The molecule has 2 heterocycles. The monoisotopic (exact) mass is 276 g/mol. The van der Waals surface area contributed by atoms with Gasteiger partial charge in [0, 0.05) is 24.5 Å². The van der Waals surface area contributed by atoms with Crippen LogP contribution in [0.25, 0.3) is 0 Å². The van der Waals surface area contributed by atoms with E-state index in [2.05, 4.69) is 10.2 Å².